The highest BCUT2D eigenvalue weighted by molar-refractivity contribution is 7.22. The Bertz CT molecular complexity index is 1070. The summed E-state index contributed by atoms with van der Waals surface area (Å²) in [4.78, 5) is 30.7. The maximum Gasteiger partial charge on any atom is 0.325 e. The smallest absolute Gasteiger partial charge is 0.325 e. The number of carbonyl (C=O) groups excluding carboxylic acids is 2. The summed E-state index contributed by atoms with van der Waals surface area (Å²) in [5.41, 5.74) is 1.94. The van der Waals surface area contributed by atoms with Crippen LogP contribution in [-0.2, 0) is 9.53 Å². The zero-order chi connectivity index (χ0) is 20.5. The molecule has 3 amide bonds. The third-order valence-corrected chi connectivity index (χ3v) is 5.71. The number of fused-ring (bicyclic) bond motifs is 1. The molecule has 0 aliphatic carbocycles. The number of hydrogen-bond acceptors (Lipinski definition) is 5. The monoisotopic (exact) mass is 414 g/mol. The SMILES string of the molecule is C[C@H]1COC(c2ccc3nc(NC(=O)Nc4ccc(F)cc4)sc3c2)C(=O)N1C. The van der Waals surface area contributed by atoms with E-state index in [9.17, 15) is 14.0 Å². The van der Waals surface area contributed by atoms with Crippen LogP contribution in [0.5, 0.6) is 0 Å². The lowest BCUT2D eigenvalue weighted by molar-refractivity contribution is -0.156. The lowest BCUT2D eigenvalue weighted by atomic mass is 10.1. The van der Waals surface area contributed by atoms with Gasteiger partial charge in [0.2, 0.25) is 0 Å². The van der Waals surface area contributed by atoms with Crippen LogP contribution in [0.2, 0.25) is 0 Å². The Hall–Kier alpha value is -3.04. The van der Waals surface area contributed by atoms with Gasteiger partial charge in [-0.3, -0.25) is 10.1 Å². The van der Waals surface area contributed by atoms with Crippen molar-refractivity contribution in [2.24, 2.45) is 0 Å². The molecule has 1 aliphatic heterocycles. The van der Waals surface area contributed by atoms with Gasteiger partial charge in [-0.2, -0.15) is 0 Å². The molecule has 2 N–H and O–H groups in total. The number of nitrogens with one attached hydrogen (secondary N) is 2. The predicted molar refractivity (Wildman–Crippen MR) is 110 cm³/mol. The molecule has 0 saturated carbocycles. The second-order valence-electron chi connectivity index (χ2n) is 6.84. The largest absolute Gasteiger partial charge is 0.361 e. The second kappa shape index (κ2) is 7.76. The Labute approximate surface area is 170 Å². The summed E-state index contributed by atoms with van der Waals surface area (Å²) in [6.07, 6.45) is -0.638. The van der Waals surface area contributed by atoms with Crippen LogP contribution in [0, 0.1) is 5.82 Å². The van der Waals surface area contributed by atoms with Gasteiger partial charge in [0.05, 0.1) is 22.9 Å². The summed E-state index contributed by atoms with van der Waals surface area (Å²) >= 11 is 1.30. The average molecular weight is 414 g/mol. The van der Waals surface area contributed by atoms with Crippen molar-refractivity contribution in [1.82, 2.24) is 9.88 Å². The molecule has 2 heterocycles. The molecule has 1 fully saturated rings. The van der Waals surface area contributed by atoms with Gasteiger partial charge in [-0.1, -0.05) is 17.4 Å². The van der Waals surface area contributed by atoms with Gasteiger partial charge in [-0.05, 0) is 48.9 Å². The van der Waals surface area contributed by atoms with Crippen LogP contribution >= 0.6 is 11.3 Å². The molecule has 1 aromatic heterocycles. The molecule has 4 rings (SSSR count). The third kappa shape index (κ3) is 4.06. The number of carbonyl (C=O) groups is 2. The molecular weight excluding hydrogens is 395 g/mol. The normalized spacial score (nSPS) is 19.4. The van der Waals surface area contributed by atoms with Crippen molar-refractivity contribution in [3.8, 4) is 0 Å². The van der Waals surface area contributed by atoms with E-state index < -0.39 is 12.1 Å². The number of urea groups is 1. The van der Waals surface area contributed by atoms with Crippen LogP contribution in [0.4, 0.5) is 20.0 Å². The maximum absolute atomic E-state index is 13.0. The Morgan fingerprint density at radius 3 is 2.76 bits per heavy atom. The number of thiazole rings is 1. The Kier molecular flexibility index (Phi) is 5.16. The van der Waals surface area contributed by atoms with E-state index in [1.54, 1.807) is 18.0 Å². The van der Waals surface area contributed by atoms with Gasteiger partial charge in [0.25, 0.3) is 5.91 Å². The zero-order valence-electron chi connectivity index (χ0n) is 15.8. The van der Waals surface area contributed by atoms with Crippen molar-refractivity contribution in [2.75, 3.05) is 24.3 Å². The predicted octanol–water partition coefficient (Wildman–Crippen LogP) is 4.00. The highest BCUT2D eigenvalue weighted by Gasteiger charge is 2.32. The minimum absolute atomic E-state index is 0.0429. The van der Waals surface area contributed by atoms with E-state index in [1.165, 1.54) is 35.6 Å². The molecule has 29 heavy (non-hydrogen) atoms. The molecular formula is C20H19FN4O3S. The fraction of sp³-hybridized carbons (Fsp3) is 0.250. The van der Waals surface area contributed by atoms with Crippen molar-refractivity contribution in [3.63, 3.8) is 0 Å². The molecule has 150 valence electrons. The number of halogens is 1. The van der Waals surface area contributed by atoms with Crippen molar-refractivity contribution in [1.29, 1.82) is 0 Å². The number of aromatic nitrogens is 1. The molecule has 3 aromatic rings. The number of anilines is 2. The van der Waals surface area contributed by atoms with Gasteiger partial charge in [0.1, 0.15) is 5.82 Å². The highest BCUT2D eigenvalue weighted by atomic mass is 32.1. The van der Waals surface area contributed by atoms with Crippen molar-refractivity contribution in [3.05, 3.63) is 53.8 Å². The van der Waals surface area contributed by atoms with Crippen LogP contribution < -0.4 is 10.6 Å². The summed E-state index contributed by atoms with van der Waals surface area (Å²) in [6.45, 7) is 2.42. The highest BCUT2D eigenvalue weighted by Crippen LogP contribution is 2.32. The Balaban J connectivity index is 1.49. The van der Waals surface area contributed by atoms with Crippen LogP contribution in [0.15, 0.2) is 42.5 Å². The number of benzene rings is 2. The molecule has 2 atom stereocenters. The number of likely N-dealkylation sites (N-methyl/N-ethyl adjacent to an activating group) is 1. The second-order valence-corrected chi connectivity index (χ2v) is 7.87. The lowest BCUT2D eigenvalue weighted by Crippen LogP contribution is -2.46. The zero-order valence-corrected chi connectivity index (χ0v) is 16.6. The Morgan fingerprint density at radius 1 is 1.24 bits per heavy atom. The van der Waals surface area contributed by atoms with Crippen LogP contribution in [-0.4, -0.2) is 41.5 Å². The molecule has 0 bridgehead atoms. The van der Waals surface area contributed by atoms with Gasteiger partial charge < -0.3 is 15.0 Å². The minimum atomic E-state index is -0.638. The Morgan fingerprint density at radius 2 is 2.00 bits per heavy atom. The van der Waals surface area contributed by atoms with Crippen LogP contribution in [0.1, 0.15) is 18.6 Å². The maximum atomic E-state index is 13.0. The van der Waals surface area contributed by atoms with E-state index in [-0.39, 0.29) is 17.8 Å². The summed E-state index contributed by atoms with van der Waals surface area (Å²) in [6, 6.07) is 10.5. The summed E-state index contributed by atoms with van der Waals surface area (Å²) in [5.74, 6) is -0.455. The first-order valence-electron chi connectivity index (χ1n) is 9.03. The molecule has 7 nitrogen and oxygen atoms in total. The van der Waals surface area contributed by atoms with E-state index in [0.29, 0.717) is 22.9 Å². The number of morpholine rings is 1. The summed E-state index contributed by atoms with van der Waals surface area (Å²) < 4.78 is 19.5. The van der Waals surface area contributed by atoms with Crippen LogP contribution in [0.3, 0.4) is 0 Å². The van der Waals surface area contributed by atoms with Gasteiger partial charge in [0.15, 0.2) is 11.2 Å². The molecule has 9 heteroatoms. The van der Waals surface area contributed by atoms with Gasteiger partial charge >= 0.3 is 6.03 Å². The lowest BCUT2D eigenvalue weighted by Gasteiger charge is -2.35. The van der Waals surface area contributed by atoms with E-state index in [1.807, 2.05) is 19.1 Å². The molecule has 2 aromatic carbocycles. The average Bonchev–Trinajstić information content (AvgIpc) is 3.09. The van der Waals surface area contributed by atoms with Crippen molar-refractivity contribution < 1.29 is 18.7 Å². The number of nitrogens with zero attached hydrogens (tertiary/aromatic N) is 2. The van der Waals surface area contributed by atoms with E-state index in [4.69, 9.17) is 4.74 Å². The van der Waals surface area contributed by atoms with Gasteiger partial charge in [-0.15, -0.1) is 0 Å². The number of rotatable bonds is 3. The molecule has 1 unspecified atom stereocenters. The molecule has 1 saturated heterocycles. The fourth-order valence-electron chi connectivity index (χ4n) is 3.01. The standard InChI is InChI=1S/C20H19FN4O3S/c1-11-10-28-17(18(26)25(11)2)12-3-8-15-16(9-12)29-20(23-15)24-19(27)22-14-6-4-13(21)5-7-14/h3-9,11,17H,10H2,1-2H3,(H2,22,23,24,27)/t11-,17?/m0/s1. The summed E-state index contributed by atoms with van der Waals surface area (Å²) in [5, 5.41) is 5.71. The molecule has 1 aliphatic rings. The first kappa shape index (κ1) is 19.3. The van der Waals surface area contributed by atoms with Crippen molar-refractivity contribution in [2.45, 2.75) is 19.1 Å². The number of ether oxygens (including phenoxy) is 1. The van der Waals surface area contributed by atoms with Crippen LogP contribution in [0.25, 0.3) is 10.2 Å². The minimum Gasteiger partial charge on any atom is -0.361 e. The van der Waals surface area contributed by atoms with Gasteiger partial charge in [-0.25, -0.2) is 14.2 Å². The first-order valence-corrected chi connectivity index (χ1v) is 9.84. The van der Waals surface area contributed by atoms with Crippen molar-refractivity contribution >= 4 is 44.3 Å². The molecule has 0 spiro atoms. The first-order chi connectivity index (χ1) is 13.9. The molecule has 0 radical (unpaired) electrons. The fourth-order valence-corrected chi connectivity index (χ4v) is 3.92. The number of hydrogen-bond donors (Lipinski definition) is 2. The van der Waals surface area contributed by atoms with E-state index in [2.05, 4.69) is 15.6 Å². The van der Waals surface area contributed by atoms with Gasteiger partial charge in [0, 0.05) is 12.7 Å². The number of amides is 3. The summed E-state index contributed by atoms with van der Waals surface area (Å²) in [7, 11) is 1.77. The van der Waals surface area contributed by atoms with E-state index >= 15 is 0 Å². The topological polar surface area (TPSA) is 83.6 Å². The van der Waals surface area contributed by atoms with E-state index in [0.717, 1.165) is 10.3 Å². The quantitative estimate of drug-likeness (QED) is 0.679. The third-order valence-electron chi connectivity index (χ3n) is 4.77.